The minimum absolute atomic E-state index is 1.12. The number of aryl methyl sites for hydroxylation is 1. The molecule has 1 aliphatic heterocycles. The third-order valence-electron chi connectivity index (χ3n) is 2.79. The van der Waals surface area contributed by atoms with E-state index < -0.39 is 10.2 Å². The summed E-state index contributed by atoms with van der Waals surface area (Å²) in [6, 6.07) is 10.5. The number of nitrogens with zero attached hydrogens (tertiary/aromatic N) is 2. The maximum Gasteiger partial charge on any atom is 0.109 e. The molecule has 6 nitrogen and oxygen atoms in total. The van der Waals surface area contributed by atoms with Gasteiger partial charge in [0.1, 0.15) is 5.82 Å². The van der Waals surface area contributed by atoms with Crippen molar-refractivity contribution in [1.29, 1.82) is 0 Å². The lowest BCUT2D eigenvalue weighted by Crippen LogP contribution is -2.58. The number of hydrogen-bond donors (Lipinski definition) is 1. The third kappa shape index (κ3) is 4.02. The predicted octanol–water partition coefficient (Wildman–Crippen LogP) is -1.63. The molecule has 0 radical (unpaired) electrons. The van der Waals surface area contributed by atoms with Crippen LogP contribution in [0.4, 0.5) is 0 Å². The Kier molecular flexibility index (Phi) is 4.18. The molecule has 2 heterocycles. The topological polar surface area (TPSA) is 107 Å². The van der Waals surface area contributed by atoms with Crippen LogP contribution in [-0.2, 0) is 13.0 Å². The van der Waals surface area contributed by atoms with Crippen LogP contribution < -0.4 is 14.0 Å². The van der Waals surface area contributed by atoms with E-state index in [0.29, 0.717) is 0 Å². The van der Waals surface area contributed by atoms with Crippen LogP contribution in [0.15, 0.2) is 36.5 Å². The number of rotatable bonds is 1. The first-order valence-corrected chi connectivity index (χ1v) is 6.94. The molecule has 0 aliphatic carbocycles. The Bertz CT molecular complexity index is 530. The van der Waals surface area contributed by atoms with Crippen molar-refractivity contribution in [3.8, 4) is 11.3 Å². The van der Waals surface area contributed by atoms with Crippen LogP contribution >= 0.6 is 0 Å². The van der Waals surface area contributed by atoms with E-state index in [1.807, 2.05) is 12.3 Å². The Hall–Kier alpha value is -1.44. The average Bonchev–Trinajstić information content (AvgIpc) is 2.89. The fraction of sp³-hybridized carbons (Fsp3) is 0.250. The molecular formula is C12H13ClN2O4. The van der Waals surface area contributed by atoms with E-state index in [9.17, 15) is 0 Å². The van der Waals surface area contributed by atoms with Crippen LogP contribution in [-0.4, -0.2) is 14.2 Å². The first-order valence-electron chi connectivity index (χ1n) is 5.68. The predicted molar refractivity (Wildman–Crippen MR) is 58.2 cm³/mol. The number of hydrogen-bond acceptors (Lipinski definition) is 5. The number of aromatic nitrogens is 2. The lowest BCUT2D eigenvalue weighted by Gasteiger charge is -2.03. The fourth-order valence-electron chi connectivity index (χ4n) is 2.10. The molecule has 0 atom stereocenters. The summed E-state index contributed by atoms with van der Waals surface area (Å²) < 4.78 is 35.1. The molecular weight excluding hydrogens is 272 g/mol. The Labute approximate surface area is 112 Å². The molecule has 0 amide bonds. The largest absolute Gasteiger partial charge is 0.328 e. The number of fused-ring (bicyclic) bond motifs is 1. The molecule has 1 aromatic carbocycles. The van der Waals surface area contributed by atoms with Gasteiger partial charge in [-0.25, -0.2) is 4.98 Å². The van der Waals surface area contributed by atoms with Crippen LogP contribution in [0.25, 0.3) is 11.3 Å². The molecule has 1 aromatic heterocycles. The van der Waals surface area contributed by atoms with E-state index in [2.05, 4.69) is 33.8 Å². The Morgan fingerprint density at radius 2 is 1.79 bits per heavy atom. The highest BCUT2D eigenvalue weighted by Crippen LogP contribution is 2.24. The molecule has 0 spiro atoms. The second-order valence-corrected chi connectivity index (χ2v) is 4.87. The summed E-state index contributed by atoms with van der Waals surface area (Å²) >= 11 is 0. The van der Waals surface area contributed by atoms with Gasteiger partial charge in [0.2, 0.25) is 0 Å². The normalized spacial score (nSPS) is 13.7. The SMILES string of the molecule is [O-][Cl+3]([O-])([O-])O.c1ccc(-c2cnc3n2CCC3)cc1. The Morgan fingerprint density at radius 1 is 1.16 bits per heavy atom. The van der Waals surface area contributed by atoms with Crippen LogP contribution in [0, 0.1) is 10.2 Å². The maximum absolute atomic E-state index is 8.60. The minimum Gasteiger partial charge on any atom is -0.328 e. The molecule has 19 heavy (non-hydrogen) atoms. The molecule has 102 valence electrons. The van der Waals surface area contributed by atoms with Gasteiger partial charge in [-0.15, -0.1) is 0 Å². The molecule has 2 aromatic rings. The van der Waals surface area contributed by atoms with Gasteiger partial charge in [-0.05, 0) is 12.0 Å². The van der Waals surface area contributed by atoms with Crippen LogP contribution in [0.2, 0.25) is 0 Å². The first kappa shape index (κ1) is 14.0. The van der Waals surface area contributed by atoms with E-state index in [4.69, 9.17) is 18.6 Å². The van der Waals surface area contributed by atoms with E-state index in [0.717, 1.165) is 13.0 Å². The summed E-state index contributed by atoms with van der Waals surface area (Å²) in [7, 11) is -4.69. The van der Waals surface area contributed by atoms with Crippen molar-refractivity contribution in [1.82, 2.24) is 9.55 Å². The van der Waals surface area contributed by atoms with Crippen molar-refractivity contribution in [2.75, 3.05) is 0 Å². The Balaban J connectivity index is 0.000000232. The lowest BCUT2D eigenvalue weighted by atomic mass is 10.2. The summed E-state index contributed by atoms with van der Waals surface area (Å²) in [5.41, 5.74) is 2.53. The highest BCUT2D eigenvalue weighted by Gasteiger charge is 2.15. The van der Waals surface area contributed by atoms with Crippen molar-refractivity contribution in [3.05, 3.63) is 42.4 Å². The molecule has 0 saturated carbocycles. The van der Waals surface area contributed by atoms with Gasteiger partial charge in [0.25, 0.3) is 0 Å². The maximum atomic E-state index is 8.60. The van der Waals surface area contributed by atoms with Gasteiger partial charge in [0, 0.05) is 13.0 Å². The van der Waals surface area contributed by atoms with Gasteiger partial charge in [0.05, 0.1) is 26.8 Å². The monoisotopic (exact) mass is 284 g/mol. The van der Waals surface area contributed by atoms with Crippen LogP contribution in [0.3, 0.4) is 0 Å². The molecule has 7 heteroatoms. The second kappa shape index (κ2) is 5.68. The summed E-state index contributed by atoms with van der Waals surface area (Å²) in [5, 5.41) is 0. The third-order valence-corrected chi connectivity index (χ3v) is 2.79. The molecule has 0 fully saturated rings. The number of imidazole rings is 1. The summed E-state index contributed by atoms with van der Waals surface area (Å²) in [6.07, 6.45) is 4.36. The Morgan fingerprint density at radius 3 is 2.42 bits per heavy atom. The fourth-order valence-corrected chi connectivity index (χ4v) is 2.10. The number of benzene rings is 1. The molecule has 1 aliphatic rings. The quantitative estimate of drug-likeness (QED) is 0.677. The summed E-state index contributed by atoms with van der Waals surface area (Å²) in [4.78, 5) is 4.44. The summed E-state index contributed by atoms with van der Waals surface area (Å²) in [5.74, 6) is 1.24. The van der Waals surface area contributed by atoms with E-state index in [-0.39, 0.29) is 0 Å². The average molecular weight is 285 g/mol. The van der Waals surface area contributed by atoms with Crippen molar-refractivity contribution in [2.24, 2.45) is 0 Å². The van der Waals surface area contributed by atoms with Crippen molar-refractivity contribution >= 4 is 0 Å². The molecule has 3 rings (SSSR count). The van der Waals surface area contributed by atoms with Crippen molar-refractivity contribution < 1.29 is 28.9 Å². The highest BCUT2D eigenvalue weighted by atomic mass is 35.7. The van der Waals surface area contributed by atoms with Gasteiger partial charge in [-0.2, -0.15) is 14.0 Å². The van der Waals surface area contributed by atoms with Crippen LogP contribution in [0.5, 0.6) is 0 Å². The zero-order valence-electron chi connectivity index (χ0n) is 10.0. The first-order chi connectivity index (χ1) is 8.95. The number of halogens is 1. The van der Waals surface area contributed by atoms with E-state index in [1.165, 1.54) is 23.5 Å². The van der Waals surface area contributed by atoms with Crippen molar-refractivity contribution in [2.45, 2.75) is 19.4 Å². The second-order valence-electron chi connectivity index (χ2n) is 4.08. The van der Waals surface area contributed by atoms with Crippen LogP contribution in [0.1, 0.15) is 12.2 Å². The zero-order valence-corrected chi connectivity index (χ0v) is 10.8. The highest BCUT2D eigenvalue weighted by molar-refractivity contribution is 5.59. The molecule has 0 unspecified atom stereocenters. The molecule has 0 bridgehead atoms. The van der Waals surface area contributed by atoms with E-state index >= 15 is 0 Å². The standard InChI is InChI=1S/C12H12N2.ClHO4/c1-2-5-10(6-3-1)11-9-13-12-7-4-8-14(11)12;2-1(3,4)5/h1-3,5-6,9H,4,7-8H2;(H,2,3,4,5). The van der Waals surface area contributed by atoms with Gasteiger partial charge < -0.3 is 4.57 Å². The minimum atomic E-state index is -4.69. The van der Waals surface area contributed by atoms with Gasteiger partial charge in [-0.3, -0.25) is 0 Å². The van der Waals surface area contributed by atoms with Gasteiger partial charge in [0.15, 0.2) is 0 Å². The lowest BCUT2D eigenvalue weighted by molar-refractivity contribution is -1.92. The van der Waals surface area contributed by atoms with Gasteiger partial charge >= 0.3 is 0 Å². The zero-order chi connectivity index (χ0) is 13.9. The molecule has 1 N–H and O–H groups in total. The van der Waals surface area contributed by atoms with Gasteiger partial charge in [-0.1, -0.05) is 30.3 Å². The van der Waals surface area contributed by atoms with Crippen molar-refractivity contribution in [3.63, 3.8) is 0 Å². The van der Waals surface area contributed by atoms with E-state index in [1.54, 1.807) is 0 Å². The molecule has 0 saturated heterocycles. The smallest absolute Gasteiger partial charge is 0.109 e. The summed E-state index contributed by atoms with van der Waals surface area (Å²) in [6.45, 7) is 1.12.